The van der Waals surface area contributed by atoms with Gasteiger partial charge in [-0.1, -0.05) is 6.92 Å². The Labute approximate surface area is 120 Å². The number of rotatable bonds is 6. The third kappa shape index (κ3) is 3.93. The van der Waals surface area contributed by atoms with E-state index in [-0.39, 0.29) is 12.4 Å². The van der Waals surface area contributed by atoms with Gasteiger partial charge in [0.2, 0.25) is 0 Å². The molecule has 1 aromatic rings. The van der Waals surface area contributed by atoms with Crippen LogP contribution in [0, 0.1) is 11.7 Å². The Balaban J connectivity index is 2.12. The van der Waals surface area contributed by atoms with Gasteiger partial charge in [-0.25, -0.2) is 4.39 Å². The maximum absolute atomic E-state index is 13.5. The molecule has 4 heteroatoms. The topological polar surface area (TPSA) is 35.5 Å². The molecule has 1 fully saturated rings. The van der Waals surface area contributed by atoms with Crippen molar-refractivity contribution in [2.45, 2.75) is 32.7 Å². The minimum Gasteiger partial charge on any atom is -0.396 e. The molecule has 112 valence electrons. The molecule has 1 saturated heterocycles. The predicted molar refractivity (Wildman–Crippen MR) is 80.4 cm³/mol. The molecule has 0 radical (unpaired) electrons. The molecular formula is C16H25FN2O. The van der Waals surface area contributed by atoms with Crippen molar-refractivity contribution in [1.82, 2.24) is 5.32 Å². The van der Waals surface area contributed by atoms with Crippen molar-refractivity contribution in [2.75, 3.05) is 31.1 Å². The zero-order valence-corrected chi connectivity index (χ0v) is 12.2. The average molecular weight is 280 g/mol. The Bertz CT molecular complexity index is 425. The molecule has 1 aliphatic rings. The fraction of sp³-hybridized carbons (Fsp3) is 0.625. The van der Waals surface area contributed by atoms with Gasteiger partial charge in [-0.2, -0.15) is 0 Å². The third-order valence-electron chi connectivity index (χ3n) is 3.90. The number of hydrogen-bond donors (Lipinski definition) is 2. The van der Waals surface area contributed by atoms with E-state index >= 15 is 0 Å². The Kier molecular flexibility index (Phi) is 5.80. The second-order valence-corrected chi connectivity index (χ2v) is 5.59. The highest BCUT2D eigenvalue weighted by molar-refractivity contribution is 5.54. The second-order valence-electron chi connectivity index (χ2n) is 5.59. The van der Waals surface area contributed by atoms with Crippen LogP contribution in [0.1, 0.15) is 31.7 Å². The van der Waals surface area contributed by atoms with Gasteiger partial charge in [-0.05, 0) is 55.5 Å². The predicted octanol–water partition coefficient (Wildman–Crippen LogP) is 2.53. The summed E-state index contributed by atoms with van der Waals surface area (Å²) in [4.78, 5) is 2.28. The third-order valence-corrected chi connectivity index (χ3v) is 3.90. The first-order valence-electron chi connectivity index (χ1n) is 7.59. The highest BCUT2D eigenvalue weighted by Gasteiger charge is 2.21. The summed E-state index contributed by atoms with van der Waals surface area (Å²) in [5, 5.41) is 12.7. The van der Waals surface area contributed by atoms with Crippen molar-refractivity contribution in [1.29, 1.82) is 0 Å². The molecule has 1 atom stereocenters. The number of halogens is 1. The van der Waals surface area contributed by atoms with Crippen LogP contribution < -0.4 is 10.2 Å². The van der Waals surface area contributed by atoms with Gasteiger partial charge in [0, 0.05) is 31.9 Å². The zero-order chi connectivity index (χ0) is 14.4. The molecule has 1 aromatic carbocycles. The molecule has 0 saturated carbocycles. The van der Waals surface area contributed by atoms with Crippen molar-refractivity contribution in [3.05, 3.63) is 29.6 Å². The lowest BCUT2D eigenvalue weighted by atomic mass is 9.97. The molecule has 0 aromatic heterocycles. The summed E-state index contributed by atoms with van der Waals surface area (Å²) >= 11 is 0. The molecule has 2 rings (SSSR count). The monoisotopic (exact) mass is 280 g/mol. The van der Waals surface area contributed by atoms with Gasteiger partial charge in [0.05, 0.1) is 0 Å². The van der Waals surface area contributed by atoms with Crippen molar-refractivity contribution >= 4 is 5.69 Å². The summed E-state index contributed by atoms with van der Waals surface area (Å²) in [7, 11) is 0. The maximum atomic E-state index is 13.5. The number of nitrogens with zero attached hydrogens (tertiary/aromatic N) is 1. The van der Waals surface area contributed by atoms with Gasteiger partial charge < -0.3 is 15.3 Å². The zero-order valence-electron chi connectivity index (χ0n) is 12.2. The molecule has 1 unspecified atom stereocenters. The molecule has 20 heavy (non-hydrogen) atoms. The fourth-order valence-electron chi connectivity index (χ4n) is 2.84. The summed E-state index contributed by atoms with van der Waals surface area (Å²) in [6, 6.07) is 5.03. The molecular weight excluding hydrogens is 255 g/mol. The molecule has 3 nitrogen and oxygen atoms in total. The van der Waals surface area contributed by atoms with E-state index in [1.165, 1.54) is 6.07 Å². The van der Waals surface area contributed by atoms with Crippen LogP contribution in [-0.4, -0.2) is 31.3 Å². The Morgan fingerprint density at radius 3 is 3.05 bits per heavy atom. The Morgan fingerprint density at radius 2 is 2.30 bits per heavy atom. The summed E-state index contributed by atoms with van der Waals surface area (Å²) in [6.07, 6.45) is 3.24. The average Bonchev–Trinajstić information content (AvgIpc) is 2.48. The molecule has 0 spiro atoms. The smallest absolute Gasteiger partial charge is 0.123 e. The van der Waals surface area contributed by atoms with E-state index in [9.17, 15) is 9.50 Å². The van der Waals surface area contributed by atoms with Crippen LogP contribution in [0.25, 0.3) is 0 Å². The number of nitrogens with one attached hydrogen (secondary N) is 1. The minimum absolute atomic E-state index is 0.183. The number of aliphatic hydroxyl groups is 1. The summed E-state index contributed by atoms with van der Waals surface area (Å²) in [5.41, 5.74) is 2.12. The van der Waals surface area contributed by atoms with E-state index in [0.29, 0.717) is 12.5 Å². The SMILES string of the molecule is CCCNCc1cc(F)ccc1N1CCCC(CO)C1. The standard InChI is InChI=1S/C16H25FN2O/c1-2-7-18-10-14-9-15(17)5-6-16(14)19-8-3-4-13(11-19)12-20/h5-6,9,13,18,20H,2-4,7-8,10-12H2,1H3. The number of aliphatic hydroxyl groups excluding tert-OH is 1. The van der Waals surface area contributed by atoms with Crippen LogP contribution >= 0.6 is 0 Å². The Hall–Kier alpha value is -1.13. The van der Waals surface area contributed by atoms with Crippen molar-refractivity contribution < 1.29 is 9.50 Å². The van der Waals surface area contributed by atoms with Crippen molar-refractivity contribution in [3.63, 3.8) is 0 Å². The van der Waals surface area contributed by atoms with E-state index in [2.05, 4.69) is 17.1 Å². The van der Waals surface area contributed by atoms with E-state index in [1.54, 1.807) is 6.07 Å². The normalized spacial score (nSPS) is 19.4. The molecule has 0 bridgehead atoms. The van der Waals surface area contributed by atoms with Crippen LogP contribution in [-0.2, 0) is 6.54 Å². The van der Waals surface area contributed by atoms with Crippen LogP contribution in [0.2, 0.25) is 0 Å². The van der Waals surface area contributed by atoms with Crippen molar-refractivity contribution in [3.8, 4) is 0 Å². The van der Waals surface area contributed by atoms with E-state index in [4.69, 9.17) is 0 Å². The summed E-state index contributed by atoms with van der Waals surface area (Å²) in [5.74, 6) is 0.156. The lowest BCUT2D eigenvalue weighted by molar-refractivity contribution is 0.208. The first-order chi connectivity index (χ1) is 9.74. The number of piperidine rings is 1. The number of benzene rings is 1. The van der Waals surface area contributed by atoms with E-state index < -0.39 is 0 Å². The highest BCUT2D eigenvalue weighted by Crippen LogP contribution is 2.27. The fourth-order valence-corrected chi connectivity index (χ4v) is 2.84. The van der Waals surface area contributed by atoms with Gasteiger partial charge in [0.1, 0.15) is 5.82 Å². The minimum atomic E-state index is -0.183. The quantitative estimate of drug-likeness (QED) is 0.786. The van der Waals surface area contributed by atoms with Gasteiger partial charge in [0.15, 0.2) is 0 Å². The summed E-state index contributed by atoms with van der Waals surface area (Å²) in [6.45, 7) is 5.85. The number of hydrogen-bond acceptors (Lipinski definition) is 3. The van der Waals surface area contributed by atoms with E-state index in [0.717, 1.165) is 50.1 Å². The van der Waals surface area contributed by atoms with Gasteiger partial charge in [-0.15, -0.1) is 0 Å². The largest absolute Gasteiger partial charge is 0.396 e. The van der Waals surface area contributed by atoms with Crippen LogP contribution in [0.3, 0.4) is 0 Å². The Morgan fingerprint density at radius 1 is 1.45 bits per heavy atom. The van der Waals surface area contributed by atoms with Gasteiger partial charge in [-0.3, -0.25) is 0 Å². The lowest BCUT2D eigenvalue weighted by Crippen LogP contribution is -2.37. The molecule has 0 aliphatic carbocycles. The van der Waals surface area contributed by atoms with Gasteiger partial charge >= 0.3 is 0 Å². The first-order valence-corrected chi connectivity index (χ1v) is 7.59. The van der Waals surface area contributed by atoms with Crippen LogP contribution in [0.15, 0.2) is 18.2 Å². The maximum Gasteiger partial charge on any atom is 0.123 e. The first kappa shape index (κ1) is 15.3. The lowest BCUT2D eigenvalue weighted by Gasteiger charge is -2.35. The molecule has 1 aliphatic heterocycles. The van der Waals surface area contributed by atoms with Crippen molar-refractivity contribution in [2.24, 2.45) is 5.92 Å². The van der Waals surface area contributed by atoms with Crippen LogP contribution in [0.5, 0.6) is 0 Å². The van der Waals surface area contributed by atoms with Gasteiger partial charge in [0.25, 0.3) is 0 Å². The summed E-state index contributed by atoms with van der Waals surface area (Å²) < 4.78 is 13.5. The molecule has 0 amide bonds. The van der Waals surface area contributed by atoms with E-state index in [1.807, 2.05) is 6.07 Å². The molecule has 1 heterocycles. The molecule has 2 N–H and O–H groups in total. The highest BCUT2D eigenvalue weighted by atomic mass is 19.1. The second kappa shape index (κ2) is 7.60. The number of anilines is 1. The van der Waals surface area contributed by atoms with Crippen LogP contribution in [0.4, 0.5) is 10.1 Å².